The van der Waals surface area contributed by atoms with E-state index in [0.717, 1.165) is 28.4 Å². The molecule has 0 spiro atoms. The number of likely N-dealkylation sites (N-methyl/N-ethyl adjacent to an activating group) is 1. The van der Waals surface area contributed by atoms with Crippen LogP contribution in [-0.4, -0.2) is 37.6 Å². The molecule has 0 bridgehead atoms. The normalized spacial score (nSPS) is 14.1. The summed E-state index contributed by atoms with van der Waals surface area (Å²) in [7, 11) is 3.63. The minimum absolute atomic E-state index is 0.0369. The maximum atomic E-state index is 9.82. The van der Waals surface area contributed by atoms with Gasteiger partial charge in [-0.25, -0.2) is 0 Å². The Morgan fingerprint density at radius 2 is 1.96 bits per heavy atom. The molecule has 1 atom stereocenters. The van der Waals surface area contributed by atoms with Gasteiger partial charge in [-0.15, -0.1) is 0 Å². The molecule has 1 heterocycles. The highest BCUT2D eigenvalue weighted by Gasteiger charge is 2.21. The smallest absolute Gasteiger partial charge is 0.231 e. The largest absolute Gasteiger partial charge is 0.497 e. The summed E-state index contributed by atoms with van der Waals surface area (Å²) in [6.45, 7) is 0.955. The van der Waals surface area contributed by atoms with Gasteiger partial charge in [-0.1, -0.05) is 24.3 Å². The summed E-state index contributed by atoms with van der Waals surface area (Å²) >= 11 is 0. The lowest BCUT2D eigenvalue weighted by molar-refractivity contribution is 0.139. The van der Waals surface area contributed by atoms with Crippen LogP contribution in [0.5, 0.6) is 17.2 Å². The lowest BCUT2D eigenvalue weighted by atomic mass is 10.0. The second kappa shape index (κ2) is 6.89. The lowest BCUT2D eigenvalue weighted by Crippen LogP contribution is -2.27. The van der Waals surface area contributed by atoms with Crippen LogP contribution in [0, 0.1) is 0 Å². The quantitative estimate of drug-likeness (QED) is 0.888. The third kappa shape index (κ3) is 3.25. The Hall–Kier alpha value is -2.24. The van der Waals surface area contributed by atoms with E-state index in [1.807, 2.05) is 49.5 Å². The first kappa shape index (κ1) is 15.6. The number of nitrogens with zero attached hydrogens (tertiary/aromatic N) is 1. The van der Waals surface area contributed by atoms with Gasteiger partial charge in [0.15, 0.2) is 11.5 Å². The second-order valence-electron chi connectivity index (χ2n) is 5.54. The van der Waals surface area contributed by atoms with Gasteiger partial charge in [-0.3, -0.25) is 4.90 Å². The molecule has 0 aromatic heterocycles. The van der Waals surface area contributed by atoms with Crippen LogP contribution in [0.3, 0.4) is 0 Å². The van der Waals surface area contributed by atoms with Gasteiger partial charge in [0.1, 0.15) is 5.75 Å². The summed E-state index contributed by atoms with van der Waals surface area (Å²) in [5.41, 5.74) is 2.09. The molecule has 0 aliphatic carbocycles. The predicted octanol–water partition coefficient (Wildman–Crippen LogP) is 2.59. The Morgan fingerprint density at radius 3 is 2.65 bits per heavy atom. The highest BCUT2D eigenvalue weighted by molar-refractivity contribution is 5.48. The molecule has 0 fully saturated rings. The summed E-state index contributed by atoms with van der Waals surface area (Å²) in [6.07, 6.45) is 0. The van der Waals surface area contributed by atoms with Gasteiger partial charge >= 0.3 is 0 Å². The Balaban J connectivity index is 1.77. The van der Waals surface area contributed by atoms with Crippen LogP contribution in [-0.2, 0) is 6.54 Å². The van der Waals surface area contributed by atoms with Crippen LogP contribution in [0.1, 0.15) is 17.2 Å². The molecule has 0 saturated carbocycles. The fourth-order valence-electron chi connectivity index (χ4n) is 2.82. The Morgan fingerprint density at radius 1 is 1.17 bits per heavy atom. The van der Waals surface area contributed by atoms with E-state index in [4.69, 9.17) is 14.2 Å². The molecule has 5 heteroatoms. The highest BCUT2D eigenvalue weighted by atomic mass is 16.7. The summed E-state index contributed by atoms with van der Waals surface area (Å²) in [6, 6.07) is 13.5. The molecular formula is C18H21NO4. The van der Waals surface area contributed by atoms with Crippen molar-refractivity contribution in [3.8, 4) is 17.2 Å². The molecule has 1 aliphatic rings. The number of rotatable bonds is 6. The zero-order chi connectivity index (χ0) is 16.2. The van der Waals surface area contributed by atoms with Crippen LogP contribution in [0.4, 0.5) is 0 Å². The standard InChI is InChI=1S/C18H21NO4/c1-19(10-14-4-3-5-17-18(14)23-12-22-17)16(11-20)13-6-8-15(21-2)9-7-13/h3-9,16,20H,10-12H2,1-2H3. The van der Waals surface area contributed by atoms with Gasteiger partial charge in [-0.2, -0.15) is 0 Å². The van der Waals surface area contributed by atoms with E-state index in [0.29, 0.717) is 6.54 Å². The summed E-state index contributed by atoms with van der Waals surface area (Å²) < 4.78 is 16.1. The average Bonchev–Trinajstić information content (AvgIpc) is 3.06. The van der Waals surface area contributed by atoms with Crippen molar-refractivity contribution < 1.29 is 19.3 Å². The molecule has 2 aromatic rings. The predicted molar refractivity (Wildman–Crippen MR) is 86.9 cm³/mol. The van der Waals surface area contributed by atoms with Crippen molar-refractivity contribution in [2.75, 3.05) is 27.6 Å². The first-order valence-corrected chi connectivity index (χ1v) is 7.55. The maximum Gasteiger partial charge on any atom is 0.231 e. The highest BCUT2D eigenvalue weighted by Crippen LogP contribution is 2.36. The van der Waals surface area contributed by atoms with Gasteiger partial charge in [0.05, 0.1) is 19.8 Å². The first-order valence-electron chi connectivity index (χ1n) is 7.55. The minimum atomic E-state index is -0.0981. The van der Waals surface area contributed by atoms with E-state index >= 15 is 0 Å². The Bertz CT molecular complexity index is 657. The van der Waals surface area contributed by atoms with Crippen LogP contribution in [0.15, 0.2) is 42.5 Å². The fourth-order valence-corrected chi connectivity index (χ4v) is 2.82. The first-order chi connectivity index (χ1) is 11.2. The number of ether oxygens (including phenoxy) is 3. The summed E-state index contributed by atoms with van der Waals surface area (Å²) in [4.78, 5) is 2.10. The monoisotopic (exact) mass is 315 g/mol. The number of para-hydroxylation sites is 1. The molecule has 5 nitrogen and oxygen atoms in total. The van der Waals surface area contributed by atoms with Crippen LogP contribution in [0.2, 0.25) is 0 Å². The van der Waals surface area contributed by atoms with Gasteiger partial charge in [0, 0.05) is 12.1 Å². The molecule has 3 rings (SSSR count). The SMILES string of the molecule is COc1ccc(C(CO)N(C)Cc2cccc3c2OCO3)cc1. The Kier molecular flexibility index (Phi) is 4.69. The third-order valence-corrected chi connectivity index (χ3v) is 4.10. The van der Waals surface area contributed by atoms with Crippen molar-refractivity contribution in [1.82, 2.24) is 4.90 Å². The van der Waals surface area contributed by atoms with Crippen molar-refractivity contribution in [2.24, 2.45) is 0 Å². The molecule has 2 aromatic carbocycles. The lowest BCUT2D eigenvalue weighted by Gasteiger charge is -2.27. The topological polar surface area (TPSA) is 51.2 Å². The van der Waals surface area contributed by atoms with Crippen molar-refractivity contribution in [3.05, 3.63) is 53.6 Å². The van der Waals surface area contributed by atoms with E-state index in [2.05, 4.69) is 4.90 Å². The molecule has 1 N–H and O–H groups in total. The van der Waals surface area contributed by atoms with Gasteiger partial charge in [0.2, 0.25) is 6.79 Å². The van der Waals surface area contributed by atoms with Gasteiger partial charge < -0.3 is 19.3 Å². The number of fused-ring (bicyclic) bond motifs is 1. The zero-order valence-electron chi connectivity index (χ0n) is 13.4. The van der Waals surface area contributed by atoms with Gasteiger partial charge in [0.25, 0.3) is 0 Å². The third-order valence-electron chi connectivity index (χ3n) is 4.10. The number of aliphatic hydroxyl groups excluding tert-OH is 1. The van der Waals surface area contributed by atoms with Crippen molar-refractivity contribution in [3.63, 3.8) is 0 Å². The minimum Gasteiger partial charge on any atom is -0.497 e. The van der Waals surface area contributed by atoms with E-state index in [9.17, 15) is 5.11 Å². The molecular weight excluding hydrogens is 294 g/mol. The fraction of sp³-hybridized carbons (Fsp3) is 0.333. The van der Waals surface area contributed by atoms with Crippen molar-refractivity contribution in [1.29, 1.82) is 0 Å². The van der Waals surface area contributed by atoms with Crippen molar-refractivity contribution in [2.45, 2.75) is 12.6 Å². The van der Waals surface area contributed by atoms with E-state index in [1.54, 1.807) is 7.11 Å². The summed E-state index contributed by atoms with van der Waals surface area (Å²) in [5, 5.41) is 9.82. The maximum absolute atomic E-state index is 9.82. The second-order valence-corrected chi connectivity index (χ2v) is 5.54. The molecule has 1 aliphatic heterocycles. The van der Waals surface area contributed by atoms with E-state index in [-0.39, 0.29) is 19.4 Å². The molecule has 0 amide bonds. The average molecular weight is 315 g/mol. The van der Waals surface area contributed by atoms with E-state index < -0.39 is 0 Å². The number of aliphatic hydroxyl groups is 1. The molecule has 0 radical (unpaired) electrons. The number of hydrogen-bond acceptors (Lipinski definition) is 5. The van der Waals surface area contributed by atoms with Gasteiger partial charge in [-0.05, 0) is 30.8 Å². The van der Waals surface area contributed by atoms with Crippen LogP contribution >= 0.6 is 0 Å². The zero-order valence-corrected chi connectivity index (χ0v) is 13.4. The molecule has 1 unspecified atom stereocenters. The Labute approximate surface area is 136 Å². The summed E-state index contributed by atoms with van der Waals surface area (Å²) in [5.74, 6) is 2.38. The van der Waals surface area contributed by atoms with E-state index in [1.165, 1.54) is 0 Å². The van der Waals surface area contributed by atoms with Crippen LogP contribution in [0.25, 0.3) is 0 Å². The number of benzene rings is 2. The molecule has 122 valence electrons. The van der Waals surface area contributed by atoms with Crippen molar-refractivity contribution >= 4 is 0 Å². The molecule has 23 heavy (non-hydrogen) atoms. The number of hydrogen-bond donors (Lipinski definition) is 1. The molecule has 0 saturated heterocycles. The van der Waals surface area contributed by atoms with Crippen LogP contribution < -0.4 is 14.2 Å². The number of methoxy groups -OCH3 is 1.